The van der Waals surface area contributed by atoms with Gasteiger partial charge in [-0.2, -0.15) is 4.31 Å². The highest BCUT2D eigenvalue weighted by Gasteiger charge is 2.29. The van der Waals surface area contributed by atoms with E-state index in [-0.39, 0.29) is 43.4 Å². The van der Waals surface area contributed by atoms with Crippen LogP contribution in [0.3, 0.4) is 0 Å². The molecule has 1 fully saturated rings. The maximum atomic E-state index is 14.3. The second-order valence-electron chi connectivity index (χ2n) is 6.76. The Bertz CT molecular complexity index is 1230. The minimum absolute atomic E-state index is 0.0522. The fourth-order valence-electron chi connectivity index (χ4n) is 3.02. The van der Waals surface area contributed by atoms with Gasteiger partial charge in [0.1, 0.15) is 16.5 Å². The molecule has 0 saturated carbocycles. The first-order valence-corrected chi connectivity index (χ1v) is 12.5. The number of halogens is 2. The molecule has 32 heavy (non-hydrogen) atoms. The zero-order valence-electron chi connectivity index (χ0n) is 17.0. The maximum Gasteiger partial charge on any atom is 0.258 e. The Labute approximate surface area is 184 Å². The molecule has 13 heteroatoms. The minimum atomic E-state index is -4.19. The molecule has 3 rings (SSSR count). The molecule has 2 aromatic carbocycles. The smallest absolute Gasteiger partial charge is 0.258 e. The quantitative estimate of drug-likeness (QED) is 0.609. The van der Waals surface area contributed by atoms with Crippen LogP contribution in [-0.4, -0.2) is 59.9 Å². The number of hydrogen-bond donors (Lipinski definition) is 2. The molecule has 0 atom stereocenters. The van der Waals surface area contributed by atoms with Crippen LogP contribution in [0.15, 0.2) is 46.2 Å². The third-order valence-corrected chi connectivity index (χ3v) is 8.06. The SMILES string of the molecule is CCNS(=O)(=O)c1ccc(F)c(C(=O)Nc2ccc(F)c(S(=O)(=O)N3CCOCC3)c2)c1. The number of nitrogens with one attached hydrogen (secondary N) is 2. The summed E-state index contributed by atoms with van der Waals surface area (Å²) in [6, 6.07) is 5.61. The summed E-state index contributed by atoms with van der Waals surface area (Å²) in [7, 11) is -8.13. The average Bonchev–Trinajstić information content (AvgIpc) is 2.75. The molecule has 0 bridgehead atoms. The van der Waals surface area contributed by atoms with E-state index in [9.17, 15) is 30.4 Å². The summed E-state index contributed by atoms with van der Waals surface area (Å²) in [4.78, 5) is 11.6. The van der Waals surface area contributed by atoms with E-state index in [0.717, 1.165) is 40.7 Å². The summed E-state index contributed by atoms with van der Waals surface area (Å²) in [5.41, 5.74) is -0.687. The van der Waals surface area contributed by atoms with Crippen molar-refractivity contribution in [2.45, 2.75) is 16.7 Å². The van der Waals surface area contributed by atoms with Gasteiger partial charge in [0.25, 0.3) is 5.91 Å². The van der Waals surface area contributed by atoms with Crippen molar-refractivity contribution < 1.29 is 35.1 Å². The first kappa shape index (κ1) is 24.2. The van der Waals surface area contributed by atoms with Crippen LogP contribution in [-0.2, 0) is 24.8 Å². The monoisotopic (exact) mass is 489 g/mol. The lowest BCUT2D eigenvalue weighted by Crippen LogP contribution is -2.40. The standard InChI is InChI=1S/C19H21F2N3O6S2/c1-2-22-31(26,27)14-4-6-16(20)15(12-14)19(25)23-13-3-5-17(21)18(11-13)32(28,29)24-7-9-30-10-8-24/h3-6,11-12,22H,2,7-10H2,1H3,(H,23,25). The molecule has 0 aliphatic carbocycles. The Balaban J connectivity index is 1.90. The zero-order valence-corrected chi connectivity index (χ0v) is 18.6. The lowest BCUT2D eigenvalue weighted by atomic mass is 10.2. The van der Waals surface area contributed by atoms with Gasteiger partial charge in [-0.05, 0) is 36.4 Å². The van der Waals surface area contributed by atoms with Crippen LogP contribution in [0.2, 0.25) is 0 Å². The van der Waals surface area contributed by atoms with E-state index in [2.05, 4.69) is 10.0 Å². The molecule has 1 aliphatic heterocycles. The van der Waals surface area contributed by atoms with Gasteiger partial charge in [-0.25, -0.2) is 30.3 Å². The summed E-state index contributed by atoms with van der Waals surface area (Å²) in [6.07, 6.45) is 0. The number of sulfonamides is 2. The number of morpholine rings is 1. The van der Waals surface area contributed by atoms with E-state index in [1.54, 1.807) is 6.92 Å². The molecule has 2 aromatic rings. The predicted octanol–water partition coefficient (Wildman–Crippen LogP) is 1.54. The van der Waals surface area contributed by atoms with Crippen LogP contribution in [0.25, 0.3) is 0 Å². The molecule has 1 heterocycles. The van der Waals surface area contributed by atoms with E-state index in [1.165, 1.54) is 0 Å². The number of carbonyl (C=O) groups excluding carboxylic acids is 1. The molecule has 0 unspecified atom stereocenters. The summed E-state index contributed by atoms with van der Waals surface area (Å²) in [5.74, 6) is -3.03. The van der Waals surface area contributed by atoms with Gasteiger partial charge in [0.2, 0.25) is 20.0 Å². The average molecular weight is 490 g/mol. The largest absolute Gasteiger partial charge is 0.379 e. The summed E-state index contributed by atoms with van der Waals surface area (Å²) >= 11 is 0. The van der Waals surface area contributed by atoms with Gasteiger partial charge in [-0.15, -0.1) is 0 Å². The molecule has 0 radical (unpaired) electrons. The topological polar surface area (TPSA) is 122 Å². The zero-order chi connectivity index (χ0) is 23.5. The van der Waals surface area contributed by atoms with Crippen molar-refractivity contribution >= 4 is 31.6 Å². The van der Waals surface area contributed by atoms with Crippen molar-refractivity contribution in [2.24, 2.45) is 0 Å². The van der Waals surface area contributed by atoms with Gasteiger partial charge >= 0.3 is 0 Å². The Hall–Kier alpha value is -2.45. The normalized spacial score (nSPS) is 15.5. The van der Waals surface area contributed by atoms with Gasteiger partial charge < -0.3 is 10.1 Å². The molecule has 1 amide bonds. The Morgan fingerprint density at radius 1 is 1.03 bits per heavy atom. The Morgan fingerprint density at radius 2 is 1.69 bits per heavy atom. The summed E-state index contributed by atoms with van der Waals surface area (Å²) in [5, 5.41) is 2.28. The second kappa shape index (κ2) is 9.58. The highest BCUT2D eigenvalue weighted by Crippen LogP contribution is 2.25. The first-order chi connectivity index (χ1) is 15.1. The highest BCUT2D eigenvalue weighted by atomic mass is 32.2. The van der Waals surface area contributed by atoms with Gasteiger partial charge in [0.15, 0.2) is 0 Å². The Morgan fingerprint density at radius 3 is 2.34 bits per heavy atom. The highest BCUT2D eigenvalue weighted by molar-refractivity contribution is 7.89. The van der Waals surface area contributed by atoms with Crippen LogP contribution >= 0.6 is 0 Å². The van der Waals surface area contributed by atoms with Crippen LogP contribution in [0, 0.1) is 11.6 Å². The molecule has 174 valence electrons. The number of ether oxygens (including phenoxy) is 1. The second-order valence-corrected chi connectivity index (χ2v) is 10.4. The van der Waals surface area contributed by atoms with Crippen molar-refractivity contribution in [3.63, 3.8) is 0 Å². The van der Waals surface area contributed by atoms with Gasteiger partial charge in [0.05, 0.1) is 23.7 Å². The Kier molecular flexibility index (Phi) is 7.25. The fourth-order valence-corrected chi connectivity index (χ4v) is 5.59. The summed E-state index contributed by atoms with van der Waals surface area (Å²) in [6.45, 7) is 2.10. The number of hydrogen-bond acceptors (Lipinski definition) is 6. The van der Waals surface area contributed by atoms with E-state index < -0.39 is 48.0 Å². The number of amides is 1. The molecule has 2 N–H and O–H groups in total. The molecule has 9 nitrogen and oxygen atoms in total. The minimum Gasteiger partial charge on any atom is -0.379 e. The molecule has 1 aliphatic rings. The predicted molar refractivity (Wildman–Crippen MR) is 111 cm³/mol. The number of nitrogens with zero attached hydrogens (tertiary/aromatic N) is 1. The molecule has 1 saturated heterocycles. The van der Waals surface area contributed by atoms with E-state index in [0.29, 0.717) is 0 Å². The van der Waals surface area contributed by atoms with Gasteiger partial charge in [-0.3, -0.25) is 4.79 Å². The van der Waals surface area contributed by atoms with Gasteiger partial charge in [-0.1, -0.05) is 6.92 Å². The van der Waals surface area contributed by atoms with Gasteiger partial charge in [0, 0.05) is 25.3 Å². The first-order valence-electron chi connectivity index (χ1n) is 9.54. The lowest BCUT2D eigenvalue weighted by Gasteiger charge is -2.26. The van der Waals surface area contributed by atoms with Crippen molar-refractivity contribution in [2.75, 3.05) is 38.2 Å². The van der Waals surface area contributed by atoms with Crippen molar-refractivity contribution in [1.82, 2.24) is 9.03 Å². The third-order valence-electron chi connectivity index (χ3n) is 4.60. The number of rotatable bonds is 7. The van der Waals surface area contributed by atoms with E-state index in [4.69, 9.17) is 4.74 Å². The fraction of sp³-hybridized carbons (Fsp3) is 0.316. The maximum absolute atomic E-state index is 14.3. The van der Waals surface area contributed by atoms with Crippen LogP contribution < -0.4 is 10.0 Å². The van der Waals surface area contributed by atoms with E-state index in [1.807, 2.05) is 0 Å². The van der Waals surface area contributed by atoms with Crippen molar-refractivity contribution in [3.05, 3.63) is 53.6 Å². The lowest BCUT2D eigenvalue weighted by molar-refractivity contribution is 0.0729. The van der Waals surface area contributed by atoms with Crippen molar-refractivity contribution in [1.29, 1.82) is 0 Å². The van der Waals surface area contributed by atoms with Crippen LogP contribution in [0.1, 0.15) is 17.3 Å². The number of anilines is 1. The molecule has 0 spiro atoms. The van der Waals surface area contributed by atoms with Crippen LogP contribution in [0.5, 0.6) is 0 Å². The third kappa shape index (κ3) is 5.13. The van der Waals surface area contributed by atoms with Crippen molar-refractivity contribution in [3.8, 4) is 0 Å². The van der Waals surface area contributed by atoms with Crippen LogP contribution in [0.4, 0.5) is 14.5 Å². The molecule has 0 aromatic heterocycles. The molecular formula is C19H21F2N3O6S2. The summed E-state index contributed by atoms with van der Waals surface area (Å²) < 4.78 is 86.7. The molecular weight excluding hydrogens is 468 g/mol. The number of benzene rings is 2. The number of carbonyl (C=O) groups is 1. The van der Waals surface area contributed by atoms with E-state index >= 15 is 0 Å².